The fourth-order valence-electron chi connectivity index (χ4n) is 2.68. The van der Waals surface area contributed by atoms with Crippen molar-refractivity contribution in [3.8, 4) is 0 Å². The van der Waals surface area contributed by atoms with Crippen LogP contribution in [0.2, 0.25) is 0 Å². The van der Waals surface area contributed by atoms with Crippen LogP contribution >= 0.6 is 0 Å². The topological polar surface area (TPSA) is 79.1 Å². The standard InChI is InChI=1S/C19H24N4O3/c1-2-20-18(21-10-9-17-4-3-12-25-17)22-14-15-5-7-16(8-6-15)23-11-13-26-19(23)24/h3-8,12H,2,9-11,13-14H2,1H3,(H2,20,21,22). The highest BCUT2D eigenvalue weighted by molar-refractivity contribution is 5.89. The average molecular weight is 356 g/mol. The molecule has 3 rings (SSSR count). The molecule has 2 N–H and O–H groups in total. The van der Waals surface area contributed by atoms with Crippen LogP contribution in [0.25, 0.3) is 0 Å². The molecule has 138 valence electrons. The predicted molar refractivity (Wildman–Crippen MR) is 100 cm³/mol. The lowest BCUT2D eigenvalue weighted by Gasteiger charge is -2.13. The van der Waals surface area contributed by atoms with Gasteiger partial charge < -0.3 is 19.8 Å². The second kappa shape index (κ2) is 8.94. The molecule has 7 heteroatoms. The molecular weight excluding hydrogens is 332 g/mol. The van der Waals surface area contributed by atoms with Crippen LogP contribution in [-0.2, 0) is 17.7 Å². The maximum Gasteiger partial charge on any atom is 0.414 e. The van der Waals surface area contributed by atoms with Crippen molar-refractivity contribution in [2.45, 2.75) is 19.9 Å². The lowest BCUT2D eigenvalue weighted by atomic mass is 10.2. The Labute approximate surface area is 153 Å². The maximum absolute atomic E-state index is 11.6. The number of guanidine groups is 1. The summed E-state index contributed by atoms with van der Waals surface area (Å²) in [5, 5.41) is 6.53. The summed E-state index contributed by atoms with van der Waals surface area (Å²) in [6.45, 7) is 5.17. The average Bonchev–Trinajstić information content (AvgIpc) is 3.32. The van der Waals surface area contributed by atoms with Crippen molar-refractivity contribution in [3.63, 3.8) is 0 Å². The molecule has 7 nitrogen and oxygen atoms in total. The molecule has 1 fully saturated rings. The minimum Gasteiger partial charge on any atom is -0.469 e. The first-order valence-corrected chi connectivity index (χ1v) is 8.84. The van der Waals surface area contributed by atoms with Gasteiger partial charge in [0.2, 0.25) is 0 Å². The van der Waals surface area contributed by atoms with Gasteiger partial charge in [0, 0.05) is 25.2 Å². The van der Waals surface area contributed by atoms with Crippen molar-refractivity contribution in [1.29, 1.82) is 0 Å². The maximum atomic E-state index is 11.6. The van der Waals surface area contributed by atoms with Gasteiger partial charge in [-0.05, 0) is 36.8 Å². The van der Waals surface area contributed by atoms with Crippen LogP contribution in [0, 0.1) is 0 Å². The third-order valence-electron chi connectivity index (χ3n) is 4.02. The minimum absolute atomic E-state index is 0.286. The van der Waals surface area contributed by atoms with Gasteiger partial charge in [-0.3, -0.25) is 4.90 Å². The molecule has 2 heterocycles. The Morgan fingerprint density at radius 3 is 2.73 bits per heavy atom. The molecule has 1 amide bonds. The summed E-state index contributed by atoms with van der Waals surface area (Å²) in [7, 11) is 0. The van der Waals surface area contributed by atoms with Crippen molar-refractivity contribution in [3.05, 3.63) is 54.0 Å². The van der Waals surface area contributed by atoms with Crippen LogP contribution in [-0.4, -0.2) is 38.3 Å². The summed E-state index contributed by atoms with van der Waals surface area (Å²) in [6, 6.07) is 11.7. The van der Waals surface area contributed by atoms with Crippen molar-refractivity contribution in [2.75, 3.05) is 31.1 Å². The Hall–Kier alpha value is -2.96. The van der Waals surface area contributed by atoms with Crippen molar-refractivity contribution < 1.29 is 13.9 Å². The first-order valence-electron chi connectivity index (χ1n) is 8.84. The molecule has 0 saturated carbocycles. The van der Waals surface area contributed by atoms with E-state index in [1.165, 1.54) is 0 Å². The van der Waals surface area contributed by atoms with E-state index >= 15 is 0 Å². The zero-order valence-electron chi connectivity index (χ0n) is 14.9. The molecule has 1 aliphatic rings. The number of aliphatic imine (C=N–C) groups is 1. The Balaban J connectivity index is 1.53. The largest absolute Gasteiger partial charge is 0.469 e. The third-order valence-corrected chi connectivity index (χ3v) is 4.02. The summed E-state index contributed by atoms with van der Waals surface area (Å²) in [5.74, 6) is 1.72. The van der Waals surface area contributed by atoms with E-state index in [1.807, 2.05) is 43.3 Å². The summed E-state index contributed by atoms with van der Waals surface area (Å²) in [4.78, 5) is 17.8. The van der Waals surface area contributed by atoms with Crippen molar-refractivity contribution in [2.24, 2.45) is 4.99 Å². The van der Waals surface area contributed by atoms with Crippen LogP contribution in [0.4, 0.5) is 10.5 Å². The van der Waals surface area contributed by atoms with E-state index in [0.717, 1.165) is 42.5 Å². The molecule has 0 aliphatic carbocycles. The number of anilines is 1. The number of rotatable bonds is 7. The van der Waals surface area contributed by atoms with E-state index < -0.39 is 0 Å². The van der Waals surface area contributed by atoms with Gasteiger partial charge in [-0.2, -0.15) is 0 Å². The van der Waals surface area contributed by atoms with Crippen LogP contribution in [0.15, 0.2) is 52.1 Å². The number of cyclic esters (lactones) is 1. The molecule has 0 atom stereocenters. The molecule has 0 spiro atoms. The number of hydrogen-bond acceptors (Lipinski definition) is 4. The van der Waals surface area contributed by atoms with E-state index in [1.54, 1.807) is 11.2 Å². The van der Waals surface area contributed by atoms with Gasteiger partial charge in [0.05, 0.1) is 19.4 Å². The molecule has 0 bridgehead atoms. The lowest BCUT2D eigenvalue weighted by molar-refractivity contribution is 0.181. The number of hydrogen-bond donors (Lipinski definition) is 2. The second-order valence-corrected chi connectivity index (χ2v) is 5.88. The van der Waals surface area contributed by atoms with Gasteiger partial charge in [-0.1, -0.05) is 12.1 Å². The molecule has 1 aromatic carbocycles. The first kappa shape index (κ1) is 17.8. The molecule has 0 unspecified atom stereocenters. The van der Waals surface area contributed by atoms with Gasteiger partial charge in [0.15, 0.2) is 5.96 Å². The van der Waals surface area contributed by atoms with Gasteiger partial charge in [-0.25, -0.2) is 9.79 Å². The zero-order valence-corrected chi connectivity index (χ0v) is 14.9. The van der Waals surface area contributed by atoms with Crippen LogP contribution in [0.1, 0.15) is 18.2 Å². The SMILES string of the molecule is CCNC(=NCc1ccc(N2CCOC2=O)cc1)NCCc1ccco1. The molecule has 1 saturated heterocycles. The molecule has 0 radical (unpaired) electrons. The van der Waals surface area contributed by atoms with Crippen molar-refractivity contribution in [1.82, 2.24) is 10.6 Å². The number of furan rings is 1. The Kier molecular flexibility index (Phi) is 6.14. The highest BCUT2D eigenvalue weighted by Gasteiger charge is 2.23. The molecule has 1 aliphatic heterocycles. The molecule has 2 aromatic rings. The minimum atomic E-state index is -0.286. The zero-order chi connectivity index (χ0) is 18.2. The predicted octanol–water partition coefficient (Wildman–Crippen LogP) is 2.53. The monoisotopic (exact) mass is 356 g/mol. The summed E-state index contributed by atoms with van der Waals surface area (Å²) < 4.78 is 10.3. The fourth-order valence-corrected chi connectivity index (χ4v) is 2.68. The van der Waals surface area contributed by atoms with E-state index in [4.69, 9.17) is 9.15 Å². The van der Waals surface area contributed by atoms with Crippen molar-refractivity contribution >= 4 is 17.7 Å². The first-order chi connectivity index (χ1) is 12.8. The van der Waals surface area contributed by atoms with Crippen LogP contribution in [0.5, 0.6) is 0 Å². The van der Waals surface area contributed by atoms with E-state index in [2.05, 4.69) is 15.6 Å². The number of carbonyl (C=O) groups excluding carboxylic acids is 1. The Bertz CT molecular complexity index is 726. The highest BCUT2D eigenvalue weighted by Crippen LogP contribution is 2.19. The summed E-state index contributed by atoms with van der Waals surface area (Å²) in [5.41, 5.74) is 1.92. The molecule has 1 aromatic heterocycles. The van der Waals surface area contributed by atoms with Gasteiger partial charge >= 0.3 is 6.09 Å². The van der Waals surface area contributed by atoms with E-state index in [-0.39, 0.29) is 6.09 Å². The van der Waals surface area contributed by atoms with E-state index in [9.17, 15) is 4.79 Å². The molecule has 26 heavy (non-hydrogen) atoms. The number of nitrogens with one attached hydrogen (secondary N) is 2. The fraction of sp³-hybridized carbons (Fsp3) is 0.368. The normalized spacial score (nSPS) is 14.4. The van der Waals surface area contributed by atoms with Crippen LogP contribution in [0.3, 0.4) is 0 Å². The van der Waals surface area contributed by atoms with Crippen LogP contribution < -0.4 is 15.5 Å². The number of amides is 1. The third kappa shape index (κ3) is 4.78. The van der Waals surface area contributed by atoms with E-state index in [0.29, 0.717) is 19.7 Å². The molecular formula is C19H24N4O3. The Morgan fingerprint density at radius 1 is 1.23 bits per heavy atom. The second-order valence-electron chi connectivity index (χ2n) is 5.88. The lowest BCUT2D eigenvalue weighted by Crippen LogP contribution is -2.38. The number of benzene rings is 1. The van der Waals surface area contributed by atoms with Gasteiger partial charge in [0.1, 0.15) is 12.4 Å². The quantitative estimate of drug-likeness (QED) is 0.589. The number of carbonyl (C=O) groups is 1. The number of ether oxygens (including phenoxy) is 1. The number of nitrogens with zero attached hydrogens (tertiary/aromatic N) is 2. The Morgan fingerprint density at radius 2 is 2.08 bits per heavy atom. The summed E-state index contributed by atoms with van der Waals surface area (Å²) in [6.07, 6.45) is 2.20. The smallest absolute Gasteiger partial charge is 0.414 e. The van der Waals surface area contributed by atoms with Gasteiger partial charge in [0.25, 0.3) is 0 Å². The highest BCUT2D eigenvalue weighted by atomic mass is 16.6. The van der Waals surface area contributed by atoms with Gasteiger partial charge in [-0.15, -0.1) is 0 Å². The summed E-state index contributed by atoms with van der Waals surface area (Å²) >= 11 is 0.